The molecule has 1 aromatic carbocycles. The normalized spacial score (nSPS) is 18.5. The van der Waals surface area contributed by atoms with Crippen LogP contribution in [0.5, 0.6) is 5.75 Å². The molecular weight excluding hydrogens is 313 g/mol. The van der Waals surface area contributed by atoms with Gasteiger partial charge in [0.25, 0.3) is 0 Å². The average molecular weight is 332 g/mol. The zero-order valence-corrected chi connectivity index (χ0v) is 12.5. The van der Waals surface area contributed by atoms with Crippen molar-refractivity contribution in [1.29, 1.82) is 0 Å². The van der Waals surface area contributed by atoms with Crippen LogP contribution in [0, 0.1) is 0 Å². The fraction of sp³-hybridized carbons (Fsp3) is 0.533. The van der Waals surface area contributed by atoms with Gasteiger partial charge >= 0.3 is 6.18 Å². The molecule has 1 amide bonds. The minimum absolute atomic E-state index is 0.0156. The molecule has 1 heterocycles. The molecule has 1 saturated heterocycles. The third kappa shape index (κ3) is 6.87. The van der Waals surface area contributed by atoms with Crippen molar-refractivity contribution in [2.75, 3.05) is 26.4 Å². The summed E-state index contributed by atoms with van der Waals surface area (Å²) in [5.41, 5.74) is 0.783. The van der Waals surface area contributed by atoms with E-state index in [1.165, 1.54) is 12.1 Å². The first-order valence-electron chi connectivity index (χ1n) is 7.29. The zero-order chi connectivity index (χ0) is 16.7. The summed E-state index contributed by atoms with van der Waals surface area (Å²) in [6.45, 7) is 0.891. The largest absolute Gasteiger partial charge is 0.484 e. The molecule has 1 atom stereocenters. The second kappa shape index (κ2) is 8.16. The lowest BCUT2D eigenvalue weighted by Crippen LogP contribution is -2.44. The summed E-state index contributed by atoms with van der Waals surface area (Å²) in [5.74, 6) is 0.0337. The second-order valence-electron chi connectivity index (χ2n) is 5.25. The standard InChI is InChI=1S/C15H19F3N2O3/c16-15(17,18)10-23-13-3-1-11(2-4-13)8-20-14(21)7-12-9-22-6-5-19-12/h1-4,12,19H,5-10H2,(H,20,21). The SMILES string of the molecule is O=C(CC1COCCN1)NCc1ccc(OCC(F)(F)F)cc1. The number of carbonyl (C=O) groups is 1. The summed E-state index contributed by atoms with van der Waals surface area (Å²) in [7, 11) is 0. The minimum atomic E-state index is -4.36. The van der Waals surface area contributed by atoms with E-state index in [9.17, 15) is 18.0 Å². The Labute approximate surface area is 132 Å². The summed E-state index contributed by atoms with van der Waals surface area (Å²) in [6.07, 6.45) is -4.03. The molecule has 1 fully saturated rings. The van der Waals surface area contributed by atoms with Gasteiger partial charge in [0.15, 0.2) is 6.61 Å². The predicted molar refractivity (Wildman–Crippen MR) is 77.1 cm³/mol. The van der Waals surface area contributed by atoms with Gasteiger partial charge in [0.1, 0.15) is 5.75 Å². The quantitative estimate of drug-likeness (QED) is 0.831. The number of alkyl halides is 3. The highest BCUT2D eigenvalue weighted by atomic mass is 19.4. The van der Waals surface area contributed by atoms with Gasteiger partial charge in [0.2, 0.25) is 5.91 Å². The molecule has 0 bridgehead atoms. The first-order valence-corrected chi connectivity index (χ1v) is 7.29. The van der Waals surface area contributed by atoms with Gasteiger partial charge in [-0.1, -0.05) is 12.1 Å². The van der Waals surface area contributed by atoms with Gasteiger partial charge in [-0.2, -0.15) is 13.2 Å². The summed E-state index contributed by atoms with van der Waals surface area (Å²) in [4.78, 5) is 11.8. The van der Waals surface area contributed by atoms with Gasteiger partial charge in [-0.3, -0.25) is 4.79 Å². The van der Waals surface area contributed by atoms with Gasteiger partial charge < -0.3 is 20.1 Å². The summed E-state index contributed by atoms with van der Waals surface area (Å²) < 4.78 is 46.0. The van der Waals surface area contributed by atoms with E-state index in [-0.39, 0.29) is 17.7 Å². The molecule has 1 aromatic rings. The number of ether oxygens (including phenoxy) is 2. The van der Waals surface area contributed by atoms with Crippen LogP contribution in [-0.2, 0) is 16.1 Å². The fourth-order valence-electron chi connectivity index (χ4n) is 2.12. The maximum absolute atomic E-state index is 12.0. The average Bonchev–Trinajstić information content (AvgIpc) is 2.52. The van der Waals surface area contributed by atoms with Crippen molar-refractivity contribution >= 4 is 5.91 Å². The molecule has 5 nitrogen and oxygen atoms in total. The second-order valence-corrected chi connectivity index (χ2v) is 5.25. The van der Waals surface area contributed by atoms with Crippen molar-refractivity contribution in [2.24, 2.45) is 0 Å². The van der Waals surface area contributed by atoms with Crippen molar-refractivity contribution in [3.8, 4) is 5.75 Å². The third-order valence-corrected chi connectivity index (χ3v) is 3.25. The Morgan fingerprint density at radius 3 is 2.70 bits per heavy atom. The Balaban J connectivity index is 1.71. The maximum Gasteiger partial charge on any atom is 0.422 e. The van der Waals surface area contributed by atoms with Crippen molar-refractivity contribution in [1.82, 2.24) is 10.6 Å². The molecule has 23 heavy (non-hydrogen) atoms. The van der Waals surface area contributed by atoms with Crippen LogP contribution in [0.1, 0.15) is 12.0 Å². The first-order chi connectivity index (χ1) is 10.9. The number of nitrogens with one attached hydrogen (secondary N) is 2. The van der Waals surface area contributed by atoms with E-state index in [2.05, 4.69) is 15.4 Å². The van der Waals surface area contributed by atoms with Crippen LogP contribution >= 0.6 is 0 Å². The van der Waals surface area contributed by atoms with Crippen LogP contribution in [0.2, 0.25) is 0 Å². The van der Waals surface area contributed by atoms with Gasteiger partial charge in [-0.05, 0) is 17.7 Å². The molecule has 128 valence electrons. The Kier molecular flexibility index (Phi) is 6.23. The van der Waals surface area contributed by atoms with Gasteiger partial charge in [-0.25, -0.2) is 0 Å². The molecule has 0 aromatic heterocycles. The molecular formula is C15H19F3N2O3. The number of carbonyl (C=O) groups excluding carboxylic acids is 1. The van der Waals surface area contributed by atoms with E-state index < -0.39 is 12.8 Å². The van der Waals surface area contributed by atoms with Gasteiger partial charge in [0, 0.05) is 25.6 Å². The number of amides is 1. The number of rotatable bonds is 6. The molecule has 1 unspecified atom stereocenters. The number of halogens is 3. The van der Waals surface area contributed by atoms with Crippen molar-refractivity contribution in [3.05, 3.63) is 29.8 Å². The van der Waals surface area contributed by atoms with Gasteiger partial charge in [-0.15, -0.1) is 0 Å². The van der Waals surface area contributed by atoms with Crippen LogP contribution in [0.15, 0.2) is 24.3 Å². The molecule has 8 heteroatoms. The first kappa shape index (κ1) is 17.6. The molecule has 2 rings (SSSR count). The monoisotopic (exact) mass is 332 g/mol. The fourth-order valence-corrected chi connectivity index (χ4v) is 2.12. The highest BCUT2D eigenvalue weighted by Gasteiger charge is 2.28. The topological polar surface area (TPSA) is 59.6 Å². The van der Waals surface area contributed by atoms with Crippen molar-refractivity contribution in [2.45, 2.75) is 25.2 Å². The van der Waals surface area contributed by atoms with E-state index >= 15 is 0 Å². The van der Waals surface area contributed by atoms with Crippen LogP contribution < -0.4 is 15.4 Å². The predicted octanol–water partition coefficient (Wildman–Crippen LogP) is 1.62. The summed E-state index contributed by atoms with van der Waals surface area (Å²) >= 11 is 0. The van der Waals surface area contributed by atoms with E-state index in [0.29, 0.717) is 26.2 Å². The lowest BCUT2D eigenvalue weighted by molar-refractivity contribution is -0.153. The maximum atomic E-state index is 12.0. The number of hydrogen-bond donors (Lipinski definition) is 2. The molecule has 2 N–H and O–H groups in total. The number of morpholine rings is 1. The molecule has 0 radical (unpaired) electrons. The Morgan fingerprint density at radius 2 is 2.09 bits per heavy atom. The zero-order valence-electron chi connectivity index (χ0n) is 12.5. The van der Waals surface area contributed by atoms with Crippen molar-refractivity contribution in [3.63, 3.8) is 0 Å². The molecule has 0 saturated carbocycles. The summed E-state index contributed by atoms with van der Waals surface area (Å²) in [5, 5.41) is 5.95. The van der Waals surface area contributed by atoms with Crippen LogP contribution in [0.3, 0.4) is 0 Å². The lowest BCUT2D eigenvalue weighted by atomic mass is 10.1. The van der Waals surface area contributed by atoms with E-state index in [1.54, 1.807) is 12.1 Å². The van der Waals surface area contributed by atoms with Crippen LogP contribution in [-0.4, -0.2) is 44.5 Å². The molecule has 1 aliphatic rings. The van der Waals surface area contributed by atoms with Crippen LogP contribution in [0.4, 0.5) is 13.2 Å². The molecule has 0 aliphatic carbocycles. The minimum Gasteiger partial charge on any atom is -0.484 e. The number of hydrogen-bond acceptors (Lipinski definition) is 4. The van der Waals surface area contributed by atoms with Crippen LogP contribution in [0.25, 0.3) is 0 Å². The highest BCUT2D eigenvalue weighted by Crippen LogP contribution is 2.18. The summed E-state index contributed by atoms with van der Waals surface area (Å²) in [6, 6.07) is 6.15. The molecule has 1 aliphatic heterocycles. The lowest BCUT2D eigenvalue weighted by Gasteiger charge is -2.23. The Hall–Kier alpha value is -1.80. The van der Waals surface area contributed by atoms with Crippen molar-refractivity contribution < 1.29 is 27.4 Å². The van der Waals surface area contributed by atoms with E-state index in [0.717, 1.165) is 12.1 Å². The van der Waals surface area contributed by atoms with E-state index in [1.807, 2.05) is 0 Å². The number of benzene rings is 1. The Morgan fingerprint density at radius 1 is 1.35 bits per heavy atom. The smallest absolute Gasteiger partial charge is 0.422 e. The highest BCUT2D eigenvalue weighted by molar-refractivity contribution is 5.76. The van der Waals surface area contributed by atoms with Gasteiger partial charge in [0.05, 0.1) is 13.2 Å². The van der Waals surface area contributed by atoms with E-state index in [4.69, 9.17) is 4.74 Å². The Bertz CT molecular complexity index is 500. The third-order valence-electron chi connectivity index (χ3n) is 3.25. The molecule has 0 spiro atoms.